The molecule has 0 unspecified atom stereocenters. The van der Waals surface area contributed by atoms with Gasteiger partial charge in [0, 0.05) is 24.4 Å². The number of anilines is 2. The lowest BCUT2D eigenvalue weighted by Crippen LogP contribution is -2.16. The van der Waals surface area contributed by atoms with Crippen molar-refractivity contribution >= 4 is 35.0 Å². The molecule has 3 aromatic rings. The molecular weight excluding hydrogens is 430 g/mol. The summed E-state index contributed by atoms with van der Waals surface area (Å²) in [6, 6.07) is 12.0. The monoisotopic (exact) mass is 455 g/mol. The number of carbonyl (C=O) groups is 2. The third-order valence-corrected chi connectivity index (χ3v) is 5.26. The van der Waals surface area contributed by atoms with E-state index in [1.807, 2.05) is 20.9 Å². The Labute approximate surface area is 190 Å². The average molecular weight is 456 g/mol. The molecule has 9 nitrogen and oxygen atoms in total. The summed E-state index contributed by atoms with van der Waals surface area (Å²) in [6.45, 7) is 4.74. The van der Waals surface area contributed by atoms with E-state index in [0.717, 1.165) is 0 Å². The summed E-state index contributed by atoms with van der Waals surface area (Å²) in [5.74, 6) is 0.815. The summed E-state index contributed by atoms with van der Waals surface area (Å²) in [7, 11) is 1.81. The topological polar surface area (TPSA) is 107 Å². The standard InChI is InChI=1S/C22H25N5O4S/c1-4-30-17-9-10-19(31-5-2)18(12-17)25-21(29)15-7-6-8-16(11-15)24-20(28)13-32-22-26-23-14-27(22)3/h6-12,14H,4-5,13H2,1-3H3,(H,24,28)(H,25,29). The zero-order valence-electron chi connectivity index (χ0n) is 18.1. The fourth-order valence-electron chi connectivity index (χ4n) is 2.81. The molecule has 0 aliphatic carbocycles. The van der Waals surface area contributed by atoms with E-state index in [1.54, 1.807) is 53.4 Å². The van der Waals surface area contributed by atoms with Gasteiger partial charge in [0.15, 0.2) is 5.16 Å². The van der Waals surface area contributed by atoms with Gasteiger partial charge in [-0.1, -0.05) is 17.8 Å². The lowest BCUT2D eigenvalue weighted by molar-refractivity contribution is -0.113. The number of benzene rings is 2. The zero-order valence-corrected chi connectivity index (χ0v) is 18.9. The van der Waals surface area contributed by atoms with E-state index in [2.05, 4.69) is 20.8 Å². The molecule has 10 heteroatoms. The molecule has 0 saturated carbocycles. The van der Waals surface area contributed by atoms with Crippen molar-refractivity contribution in [1.29, 1.82) is 0 Å². The predicted molar refractivity (Wildman–Crippen MR) is 124 cm³/mol. The van der Waals surface area contributed by atoms with Crippen molar-refractivity contribution in [3.05, 3.63) is 54.4 Å². The molecule has 3 rings (SSSR count). The van der Waals surface area contributed by atoms with E-state index in [-0.39, 0.29) is 17.6 Å². The lowest BCUT2D eigenvalue weighted by atomic mass is 10.1. The van der Waals surface area contributed by atoms with Gasteiger partial charge in [-0.15, -0.1) is 10.2 Å². The number of nitrogens with zero attached hydrogens (tertiary/aromatic N) is 3. The van der Waals surface area contributed by atoms with Crippen LogP contribution in [0.4, 0.5) is 11.4 Å². The van der Waals surface area contributed by atoms with E-state index < -0.39 is 0 Å². The Balaban J connectivity index is 1.66. The van der Waals surface area contributed by atoms with E-state index in [1.165, 1.54) is 11.8 Å². The summed E-state index contributed by atoms with van der Waals surface area (Å²) in [5, 5.41) is 14.0. The molecule has 0 saturated heterocycles. The fraction of sp³-hybridized carbons (Fsp3) is 0.273. The smallest absolute Gasteiger partial charge is 0.255 e. The van der Waals surface area contributed by atoms with Gasteiger partial charge in [0.2, 0.25) is 5.91 Å². The molecule has 0 bridgehead atoms. The van der Waals surface area contributed by atoms with Crippen LogP contribution in [-0.4, -0.2) is 45.5 Å². The SMILES string of the molecule is CCOc1ccc(OCC)c(NC(=O)c2cccc(NC(=O)CSc3nncn3C)c2)c1. The van der Waals surface area contributed by atoms with Gasteiger partial charge >= 0.3 is 0 Å². The number of aryl methyl sites for hydroxylation is 1. The maximum atomic E-state index is 12.9. The molecule has 0 aliphatic rings. The van der Waals surface area contributed by atoms with Gasteiger partial charge in [-0.3, -0.25) is 9.59 Å². The number of hydrogen-bond donors (Lipinski definition) is 2. The van der Waals surface area contributed by atoms with Crippen LogP contribution in [0.5, 0.6) is 11.5 Å². The first kappa shape index (κ1) is 23.1. The number of hydrogen-bond acceptors (Lipinski definition) is 7. The number of ether oxygens (including phenoxy) is 2. The zero-order chi connectivity index (χ0) is 22.9. The normalized spacial score (nSPS) is 10.5. The molecule has 2 aromatic carbocycles. The second-order valence-electron chi connectivity index (χ2n) is 6.62. The first-order valence-corrected chi connectivity index (χ1v) is 11.1. The van der Waals surface area contributed by atoms with Crippen molar-refractivity contribution in [3.63, 3.8) is 0 Å². The predicted octanol–water partition coefficient (Wildman–Crippen LogP) is 3.60. The van der Waals surface area contributed by atoms with Crippen LogP contribution in [0.25, 0.3) is 0 Å². The van der Waals surface area contributed by atoms with Gasteiger partial charge in [0.25, 0.3) is 5.91 Å². The van der Waals surface area contributed by atoms with Gasteiger partial charge in [-0.2, -0.15) is 0 Å². The van der Waals surface area contributed by atoms with Crippen LogP contribution < -0.4 is 20.1 Å². The second-order valence-corrected chi connectivity index (χ2v) is 7.56. The summed E-state index contributed by atoms with van der Waals surface area (Å²) in [6.07, 6.45) is 1.57. The van der Waals surface area contributed by atoms with Crippen molar-refractivity contribution < 1.29 is 19.1 Å². The number of nitrogens with one attached hydrogen (secondary N) is 2. The third kappa shape index (κ3) is 6.24. The minimum absolute atomic E-state index is 0.172. The maximum Gasteiger partial charge on any atom is 0.255 e. The summed E-state index contributed by atoms with van der Waals surface area (Å²) in [4.78, 5) is 25.1. The van der Waals surface area contributed by atoms with Crippen LogP contribution in [0.2, 0.25) is 0 Å². The van der Waals surface area contributed by atoms with Crippen LogP contribution >= 0.6 is 11.8 Å². The number of amides is 2. The van der Waals surface area contributed by atoms with Gasteiger partial charge in [-0.05, 0) is 44.2 Å². The fourth-order valence-corrected chi connectivity index (χ4v) is 3.50. The average Bonchev–Trinajstić information content (AvgIpc) is 3.19. The molecule has 1 aromatic heterocycles. The Morgan fingerprint density at radius 3 is 2.59 bits per heavy atom. The Bertz CT molecular complexity index is 1090. The molecule has 2 N–H and O–H groups in total. The highest BCUT2D eigenvalue weighted by molar-refractivity contribution is 7.99. The van der Waals surface area contributed by atoms with Gasteiger partial charge in [0.05, 0.1) is 24.7 Å². The third-order valence-electron chi connectivity index (χ3n) is 4.22. The van der Waals surface area contributed by atoms with Crippen LogP contribution in [0, 0.1) is 0 Å². The molecule has 0 aliphatic heterocycles. The van der Waals surface area contributed by atoms with E-state index >= 15 is 0 Å². The Hall–Kier alpha value is -3.53. The maximum absolute atomic E-state index is 12.9. The first-order chi connectivity index (χ1) is 15.5. The second kappa shape index (κ2) is 11.2. The largest absolute Gasteiger partial charge is 0.494 e. The molecule has 168 valence electrons. The highest BCUT2D eigenvalue weighted by Crippen LogP contribution is 2.30. The van der Waals surface area contributed by atoms with E-state index in [4.69, 9.17) is 9.47 Å². The first-order valence-electron chi connectivity index (χ1n) is 10.1. The molecule has 0 radical (unpaired) electrons. The quantitative estimate of drug-likeness (QED) is 0.450. The Morgan fingerprint density at radius 2 is 1.88 bits per heavy atom. The van der Waals surface area contributed by atoms with Crippen LogP contribution in [0.1, 0.15) is 24.2 Å². The van der Waals surface area contributed by atoms with Crippen molar-refractivity contribution in [2.45, 2.75) is 19.0 Å². The molecular formula is C22H25N5O4S. The molecule has 2 amide bonds. The molecule has 1 heterocycles. The van der Waals surface area contributed by atoms with Gasteiger partial charge in [0.1, 0.15) is 17.8 Å². The molecule has 0 atom stereocenters. The summed E-state index contributed by atoms with van der Waals surface area (Å²) >= 11 is 1.28. The highest BCUT2D eigenvalue weighted by atomic mass is 32.2. The van der Waals surface area contributed by atoms with Crippen molar-refractivity contribution in [3.8, 4) is 11.5 Å². The lowest BCUT2D eigenvalue weighted by Gasteiger charge is -2.14. The number of aromatic nitrogens is 3. The number of carbonyl (C=O) groups excluding carboxylic acids is 2. The molecule has 32 heavy (non-hydrogen) atoms. The van der Waals surface area contributed by atoms with E-state index in [0.29, 0.717) is 46.8 Å². The summed E-state index contributed by atoms with van der Waals surface area (Å²) < 4.78 is 12.9. The number of thioether (sulfide) groups is 1. The van der Waals surface area contributed by atoms with Gasteiger partial charge < -0.3 is 24.7 Å². The number of rotatable bonds is 10. The Morgan fingerprint density at radius 1 is 1.06 bits per heavy atom. The highest BCUT2D eigenvalue weighted by Gasteiger charge is 2.13. The summed E-state index contributed by atoms with van der Waals surface area (Å²) in [5.41, 5.74) is 1.43. The van der Waals surface area contributed by atoms with Gasteiger partial charge in [-0.25, -0.2) is 0 Å². The van der Waals surface area contributed by atoms with Crippen molar-refractivity contribution in [1.82, 2.24) is 14.8 Å². The van der Waals surface area contributed by atoms with Crippen LogP contribution in [-0.2, 0) is 11.8 Å². The van der Waals surface area contributed by atoms with E-state index in [9.17, 15) is 9.59 Å². The van der Waals surface area contributed by atoms with Crippen LogP contribution in [0.15, 0.2) is 53.9 Å². The molecule has 0 fully saturated rings. The van der Waals surface area contributed by atoms with Crippen LogP contribution in [0.3, 0.4) is 0 Å². The van der Waals surface area contributed by atoms with Crippen molar-refractivity contribution in [2.24, 2.45) is 7.05 Å². The Kier molecular flexibility index (Phi) is 8.09. The molecule has 0 spiro atoms. The minimum Gasteiger partial charge on any atom is -0.494 e. The van der Waals surface area contributed by atoms with Crippen molar-refractivity contribution in [2.75, 3.05) is 29.6 Å². The minimum atomic E-state index is -0.329.